The molecule has 1 heterocycles. The van der Waals surface area contributed by atoms with Gasteiger partial charge in [0.2, 0.25) is 5.91 Å². The van der Waals surface area contributed by atoms with E-state index in [9.17, 15) is 4.79 Å². The summed E-state index contributed by atoms with van der Waals surface area (Å²) in [6, 6.07) is 3.83. The van der Waals surface area contributed by atoms with E-state index in [0.717, 1.165) is 28.7 Å². The number of halogens is 1. The zero-order valence-corrected chi connectivity index (χ0v) is 11.4. The van der Waals surface area contributed by atoms with Crippen LogP contribution in [-0.2, 0) is 4.79 Å². The molecule has 1 aromatic rings. The highest BCUT2D eigenvalue weighted by atomic mass is 79.9. The molecule has 0 atom stereocenters. The fourth-order valence-electron chi connectivity index (χ4n) is 1.24. The number of unbranched alkanes of at least 4 members (excludes halogenated alkanes) is 2. The molecule has 0 saturated heterocycles. The number of nitrogens with zero attached hydrogens (tertiary/aromatic N) is 1. The molecule has 5 heteroatoms. The molecule has 1 N–H and O–H groups in total. The molecule has 0 saturated carbocycles. The van der Waals surface area contributed by atoms with Crippen LogP contribution in [0.25, 0.3) is 0 Å². The molecule has 0 bridgehead atoms. The van der Waals surface area contributed by atoms with E-state index < -0.39 is 0 Å². The van der Waals surface area contributed by atoms with E-state index in [4.69, 9.17) is 5.26 Å². The van der Waals surface area contributed by atoms with Crippen molar-refractivity contribution in [2.24, 2.45) is 0 Å². The largest absolute Gasteiger partial charge is 0.318 e. The Kier molecular flexibility index (Phi) is 5.50. The van der Waals surface area contributed by atoms with Crippen molar-refractivity contribution in [1.29, 1.82) is 5.26 Å². The number of thiophene rings is 1. The second kappa shape index (κ2) is 6.66. The lowest BCUT2D eigenvalue weighted by Gasteiger charge is -2.00. The highest BCUT2D eigenvalue weighted by molar-refractivity contribution is 9.10. The normalized spacial score (nSPS) is 9.81. The molecule has 1 amide bonds. The second-order valence-corrected chi connectivity index (χ2v) is 5.31. The van der Waals surface area contributed by atoms with Gasteiger partial charge in [-0.2, -0.15) is 5.26 Å². The number of hydrogen-bond acceptors (Lipinski definition) is 3. The maximum Gasteiger partial charge on any atom is 0.224 e. The van der Waals surface area contributed by atoms with Gasteiger partial charge < -0.3 is 5.32 Å². The van der Waals surface area contributed by atoms with Gasteiger partial charge in [0.15, 0.2) is 0 Å². The Bertz CT molecular complexity index is 409. The maximum atomic E-state index is 11.5. The molecular weight excluding hydrogens is 288 g/mol. The van der Waals surface area contributed by atoms with E-state index in [2.05, 4.69) is 34.2 Å². The van der Waals surface area contributed by atoms with Crippen molar-refractivity contribution < 1.29 is 4.79 Å². The molecule has 0 aliphatic rings. The predicted molar refractivity (Wildman–Crippen MR) is 69.5 cm³/mol. The number of carbonyl (C=O) groups excluding carboxylic acids is 1. The number of nitrogens with one attached hydrogen (secondary N) is 1. The molecule has 0 fully saturated rings. The van der Waals surface area contributed by atoms with Gasteiger partial charge in [0.1, 0.15) is 10.9 Å². The van der Waals surface area contributed by atoms with Crippen molar-refractivity contribution in [3.8, 4) is 6.07 Å². The van der Waals surface area contributed by atoms with E-state index >= 15 is 0 Å². The monoisotopic (exact) mass is 300 g/mol. The van der Waals surface area contributed by atoms with Gasteiger partial charge in [0.05, 0.1) is 5.00 Å². The number of nitriles is 1. The minimum atomic E-state index is 0.0201. The van der Waals surface area contributed by atoms with E-state index in [0.29, 0.717) is 11.3 Å². The molecule has 86 valence electrons. The zero-order valence-electron chi connectivity index (χ0n) is 9.05. The molecule has 0 aromatic carbocycles. The summed E-state index contributed by atoms with van der Waals surface area (Å²) in [5.74, 6) is 0.0201. The van der Waals surface area contributed by atoms with Crippen LogP contribution < -0.4 is 5.32 Å². The van der Waals surface area contributed by atoms with Crippen LogP contribution in [0, 0.1) is 11.3 Å². The molecule has 0 aliphatic heterocycles. The molecule has 0 unspecified atom stereocenters. The topological polar surface area (TPSA) is 52.9 Å². The Morgan fingerprint density at radius 1 is 1.62 bits per heavy atom. The standard InChI is InChI=1S/C11H13BrN2OS/c1-2-3-4-5-10(15)14-11-6-8(12)9(7-13)16-11/h6H,2-5H2,1H3,(H,14,15). The van der Waals surface area contributed by atoms with Crippen molar-refractivity contribution in [2.75, 3.05) is 5.32 Å². The summed E-state index contributed by atoms with van der Waals surface area (Å²) >= 11 is 4.55. The van der Waals surface area contributed by atoms with E-state index in [-0.39, 0.29) is 5.91 Å². The predicted octanol–water partition coefficient (Wildman–Crippen LogP) is 3.90. The summed E-state index contributed by atoms with van der Waals surface area (Å²) in [6.45, 7) is 2.10. The number of hydrogen-bond donors (Lipinski definition) is 1. The van der Waals surface area contributed by atoms with Crippen LogP contribution in [0.1, 0.15) is 37.5 Å². The molecule has 1 aromatic heterocycles. The van der Waals surface area contributed by atoms with Crippen LogP contribution in [-0.4, -0.2) is 5.91 Å². The molecule has 0 spiro atoms. The van der Waals surface area contributed by atoms with Crippen LogP contribution in [0.15, 0.2) is 10.5 Å². The van der Waals surface area contributed by atoms with Crippen molar-refractivity contribution >= 4 is 38.2 Å². The third kappa shape index (κ3) is 3.95. The van der Waals surface area contributed by atoms with Crippen LogP contribution in [0.4, 0.5) is 5.00 Å². The number of rotatable bonds is 5. The third-order valence-electron chi connectivity index (χ3n) is 2.06. The first kappa shape index (κ1) is 13.2. The smallest absolute Gasteiger partial charge is 0.224 e. The minimum Gasteiger partial charge on any atom is -0.318 e. The number of carbonyl (C=O) groups is 1. The van der Waals surface area contributed by atoms with E-state index in [1.807, 2.05) is 0 Å². The highest BCUT2D eigenvalue weighted by Gasteiger charge is 2.08. The molecule has 0 aliphatic carbocycles. The lowest BCUT2D eigenvalue weighted by Crippen LogP contribution is -2.09. The summed E-state index contributed by atoms with van der Waals surface area (Å²) in [7, 11) is 0. The molecule has 16 heavy (non-hydrogen) atoms. The summed E-state index contributed by atoms with van der Waals surface area (Å²) in [4.78, 5) is 12.1. The number of anilines is 1. The third-order valence-corrected chi connectivity index (χ3v) is 3.90. The summed E-state index contributed by atoms with van der Waals surface area (Å²) < 4.78 is 0.740. The Morgan fingerprint density at radius 3 is 2.94 bits per heavy atom. The highest BCUT2D eigenvalue weighted by Crippen LogP contribution is 2.30. The summed E-state index contributed by atoms with van der Waals surface area (Å²) in [5.41, 5.74) is 0. The maximum absolute atomic E-state index is 11.5. The van der Waals surface area contributed by atoms with Gasteiger partial charge in [-0.25, -0.2) is 0 Å². The number of amides is 1. The van der Waals surface area contributed by atoms with Gasteiger partial charge in [-0.3, -0.25) is 4.79 Å². The summed E-state index contributed by atoms with van der Waals surface area (Å²) in [6.07, 6.45) is 3.65. The average Bonchev–Trinajstić information content (AvgIpc) is 2.59. The van der Waals surface area contributed by atoms with Crippen LogP contribution >= 0.6 is 27.3 Å². The van der Waals surface area contributed by atoms with E-state index in [1.54, 1.807) is 6.07 Å². The Balaban J connectivity index is 2.47. The van der Waals surface area contributed by atoms with Gasteiger partial charge >= 0.3 is 0 Å². The van der Waals surface area contributed by atoms with Crippen molar-refractivity contribution in [3.63, 3.8) is 0 Å². The fourth-order valence-corrected chi connectivity index (χ4v) is 2.72. The Hall–Kier alpha value is -0.860. The van der Waals surface area contributed by atoms with Gasteiger partial charge in [-0.15, -0.1) is 11.3 Å². The van der Waals surface area contributed by atoms with Gasteiger partial charge in [-0.05, 0) is 28.4 Å². The van der Waals surface area contributed by atoms with Crippen LogP contribution in [0.3, 0.4) is 0 Å². The van der Waals surface area contributed by atoms with Crippen molar-refractivity contribution in [3.05, 3.63) is 15.4 Å². The molecule has 3 nitrogen and oxygen atoms in total. The van der Waals surface area contributed by atoms with Crippen LogP contribution in [0.5, 0.6) is 0 Å². The SMILES string of the molecule is CCCCCC(=O)Nc1cc(Br)c(C#N)s1. The lowest BCUT2D eigenvalue weighted by molar-refractivity contribution is -0.116. The van der Waals surface area contributed by atoms with Crippen molar-refractivity contribution in [1.82, 2.24) is 0 Å². The first-order valence-corrected chi connectivity index (χ1v) is 6.77. The molecular formula is C11H13BrN2OS. The minimum absolute atomic E-state index is 0.0201. The molecule has 1 rings (SSSR count). The van der Waals surface area contributed by atoms with Gasteiger partial charge in [0.25, 0.3) is 0 Å². The Morgan fingerprint density at radius 2 is 2.38 bits per heavy atom. The quantitative estimate of drug-likeness (QED) is 0.839. The van der Waals surface area contributed by atoms with E-state index in [1.165, 1.54) is 11.3 Å². The van der Waals surface area contributed by atoms with Gasteiger partial charge in [-0.1, -0.05) is 19.8 Å². The fraction of sp³-hybridized carbons (Fsp3) is 0.455. The molecule has 0 radical (unpaired) electrons. The lowest BCUT2D eigenvalue weighted by atomic mass is 10.2. The van der Waals surface area contributed by atoms with Crippen molar-refractivity contribution in [2.45, 2.75) is 32.6 Å². The zero-order chi connectivity index (χ0) is 12.0. The second-order valence-electron chi connectivity index (χ2n) is 3.40. The summed E-state index contributed by atoms with van der Waals surface area (Å²) in [5, 5.41) is 12.3. The van der Waals surface area contributed by atoms with Gasteiger partial charge in [0, 0.05) is 10.9 Å². The Labute approximate surface area is 108 Å². The first-order valence-electron chi connectivity index (χ1n) is 5.16. The van der Waals surface area contributed by atoms with Crippen LogP contribution in [0.2, 0.25) is 0 Å². The average molecular weight is 301 g/mol. The first-order chi connectivity index (χ1) is 7.67.